The van der Waals surface area contributed by atoms with E-state index in [1.807, 2.05) is 30.3 Å². The van der Waals surface area contributed by atoms with Crippen LogP contribution >= 0.6 is 0 Å². The van der Waals surface area contributed by atoms with Crippen LogP contribution in [-0.4, -0.2) is 4.98 Å². The molecule has 0 fully saturated rings. The molecule has 0 saturated carbocycles. The summed E-state index contributed by atoms with van der Waals surface area (Å²) in [5.74, 6) is 7.29. The Balaban J connectivity index is 2.05. The van der Waals surface area contributed by atoms with Crippen molar-refractivity contribution >= 4 is 5.82 Å². The number of rotatable bonds is 5. The van der Waals surface area contributed by atoms with Crippen LogP contribution in [0.4, 0.5) is 5.82 Å². The summed E-state index contributed by atoms with van der Waals surface area (Å²) >= 11 is 0. The maximum atomic E-state index is 5.87. The zero-order chi connectivity index (χ0) is 13.7. The maximum Gasteiger partial charge on any atom is 0.139 e. The molecule has 3 N–H and O–H groups in total. The second-order valence-electron chi connectivity index (χ2n) is 4.68. The van der Waals surface area contributed by atoms with Crippen LogP contribution in [0.1, 0.15) is 30.9 Å². The van der Waals surface area contributed by atoms with E-state index in [4.69, 9.17) is 10.6 Å². The van der Waals surface area contributed by atoms with E-state index in [2.05, 4.69) is 30.3 Å². The lowest BCUT2D eigenvalue weighted by molar-refractivity contribution is 0.301. The highest BCUT2D eigenvalue weighted by Crippen LogP contribution is 2.26. The first-order valence-corrected chi connectivity index (χ1v) is 6.34. The Morgan fingerprint density at radius 3 is 2.63 bits per heavy atom. The Hall–Kier alpha value is -2.07. The van der Waals surface area contributed by atoms with Gasteiger partial charge in [0.15, 0.2) is 0 Å². The van der Waals surface area contributed by atoms with Crippen molar-refractivity contribution in [2.24, 2.45) is 5.84 Å². The SMILES string of the molecule is CC(C)c1ccccc1OCc1ccc(NN)nc1. The smallest absolute Gasteiger partial charge is 0.139 e. The van der Waals surface area contributed by atoms with Gasteiger partial charge in [0.25, 0.3) is 0 Å². The van der Waals surface area contributed by atoms with Crippen LogP contribution in [0.15, 0.2) is 42.6 Å². The third-order valence-electron chi connectivity index (χ3n) is 2.91. The van der Waals surface area contributed by atoms with Crippen LogP contribution < -0.4 is 16.0 Å². The first kappa shape index (κ1) is 13.4. The summed E-state index contributed by atoms with van der Waals surface area (Å²) in [4.78, 5) is 4.15. The van der Waals surface area contributed by atoms with Crippen LogP contribution in [0.2, 0.25) is 0 Å². The first-order valence-electron chi connectivity index (χ1n) is 6.34. The summed E-state index contributed by atoms with van der Waals surface area (Å²) in [6, 6.07) is 11.9. The van der Waals surface area contributed by atoms with Gasteiger partial charge in [0.05, 0.1) is 0 Å². The second kappa shape index (κ2) is 6.20. The minimum atomic E-state index is 0.443. The number of nitrogens with two attached hydrogens (primary N) is 1. The van der Waals surface area contributed by atoms with Gasteiger partial charge in [-0.05, 0) is 23.6 Å². The number of hydrogen-bond donors (Lipinski definition) is 2. The van der Waals surface area contributed by atoms with Crippen LogP contribution in [0.5, 0.6) is 5.75 Å². The number of nitrogens with one attached hydrogen (secondary N) is 1. The van der Waals surface area contributed by atoms with E-state index in [1.165, 1.54) is 5.56 Å². The Labute approximate surface area is 113 Å². The molecule has 1 aromatic carbocycles. The van der Waals surface area contributed by atoms with Crippen molar-refractivity contribution in [2.75, 3.05) is 5.43 Å². The number of aromatic nitrogens is 1. The predicted molar refractivity (Wildman–Crippen MR) is 76.9 cm³/mol. The molecule has 0 aliphatic carbocycles. The number of anilines is 1. The predicted octanol–water partition coefficient (Wildman–Crippen LogP) is 3.07. The summed E-state index contributed by atoms with van der Waals surface area (Å²) in [7, 11) is 0. The van der Waals surface area contributed by atoms with Gasteiger partial charge in [-0.15, -0.1) is 0 Å². The third-order valence-corrected chi connectivity index (χ3v) is 2.91. The highest BCUT2D eigenvalue weighted by molar-refractivity contribution is 5.36. The minimum absolute atomic E-state index is 0.443. The summed E-state index contributed by atoms with van der Waals surface area (Å²) in [6.45, 7) is 4.82. The molecule has 0 unspecified atom stereocenters. The summed E-state index contributed by atoms with van der Waals surface area (Å²) in [6.07, 6.45) is 1.76. The molecule has 4 heteroatoms. The zero-order valence-electron chi connectivity index (χ0n) is 11.3. The monoisotopic (exact) mass is 257 g/mol. The number of para-hydroxylation sites is 1. The lowest BCUT2D eigenvalue weighted by Crippen LogP contribution is -2.08. The van der Waals surface area contributed by atoms with Crippen LogP contribution in [0.3, 0.4) is 0 Å². The maximum absolute atomic E-state index is 5.87. The standard InChI is InChI=1S/C15H19N3O/c1-11(2)13-5-3-4-6-14(13)19-10-12-7-8-15(18-16)17-9-12/h3-9,11H,10,16H2,1-2H3,(H,17,18). The fourth-order valence-corrected chi connectivity index (χ4v) is 1.85. The Bertz CT molecular complexity index is 523. The zero-order valence-corrected chi connectivity index (χ0v) is 11.3. The number of nitrogens with zero attached hydrogens (tertiary/aromatic N) is 1. The van der Waals surface area contributed by atoms with Gasteiger partial charge in [0, 0.05) is 11.8 Å². The van der Waals surface area contributed by atoms with Gasteiger partial charge in [0.1, 0.15) is 18.2 Å². The molecule has 0 saturated heterocycles. The molecule has 0 amide bonds. The van der Waals surface area contributed by atoms with E-state index in [0.717, 1.165) is 11.3 Å². The molecule has 0 spiro atoms. The van der Waals surface area contributed by atoms with Crippen molar-refractivity contribution in [2.45, 2.75) is 26.4 Å². The molecule has 1 aromatic heterocycles. The molecule has 0 atom stereocenters. The average Bonchev–Trinajstić information content (AvgIpc) is 2.46. The molecule has 1 heterocycles. The Morgan fingerprint density at radius 2 is 2.00 bits per heavy atom. The fourth-order valence-electron chi connectivity index (χ4n) is 1.85. The third kappa shape index (κ3) is 3.45. The highest BCUT2D eigenvalue weighted by Gasteiger charge is 2.06. The first-order chi connectivity index (χ1) is 9.20. The van der Waals surface area contributed by atoms with Crippen molar-refractivity contribution in [3.63, 3.8) is 0 Å². The largest absolute Gasteiger partial charge is 0.489 e. The summed E-state index contributed by atoms with van der Waals surface area (Å²) in [5.41, 5.74) is 4.73. The molecule has 0 aliphatic rings. The van der Waals surface area contributed by atoms with Gasteiger partial charge in [-0.1, -0.05) is 38.1 Å². The number of benzene rings is 1. The van der Waals surface area contributed by atoms with E-state index in [-0.39, 0.29) is 0 Å². The molecule has 2 rings (SSSR count). The van der Waals surface area contributed by atoms with E-state index < -0.39 is 0 Å². The minimum Gasteiger partial charge on any atom is -0.489 e. The molecule has 4 nitrogen and oxygen atoms in total. The number of pyridine rings is 1. The molecular formula is C15H19N3O. The Morgan fingerprint density at radius 1 is 1.21 bits per heavy atom. The van der Waals surface area contributed by atoms with E-state index in [0.29, 0.717) is 18.3 Å². The van der Waals surface area contributed by atoms with Gasteiger partial charge in [-0.25, -0.2) is 10.8 Å². The Kier molecular flexibility index (Phi) is 4.36. The summed E-state index contributed by atoms with van der Waals surface area (Å²) < 4.78 is 5.87. The fraction of sp³-hybridized carbons (Fsp3) is 0.267. The van der Waals surface area contributed by atoms with Gasteiger partial charge < -0.3 is 10.2 Å². The highest BCUT2D eigenvalue weighted by atomic mass is 16.5. The molecule has 0 aliphatic heterocycles. The van der Waals surface area contributed by atoms with E-state index >= 15 is 0 Å². The van der Waals surface area contributed by atoms with Gasteiger partial charge in [-0.2, -0.15) is 0 Å². The lowest BCUT2D eigenvalue weighted by atomic mass is 10.0. The van der Waals surface area contributed by atoms with Crippen LogP contribution in [-0.2, 0) is 6.61 Å². The van der Waals surface area contributed by atoms with Crippen LogP contribution in [0, 0.1) is 0 Å². The van der Waals surface area contributed by atoms with Crippen molar-refractivity contribution < 1.29 is 4.74 Å². The molecule has 100 valence electrons. The second-order valence-corrected chi connectivity index (χ2v) is 4.68. The van der Waals surface area contributed by atoms with Gasteiger partial charge in [-0.3, -0.25) is 0 Å². The molecule has 0 bridgehead atoms. The number of hydrogen-bond acceptors (Lipinski definition) is 4. The van der Waals surface area contributed by atoms with Crippen molar-refractivity contribution in [1.82, 2.24) is 4.98 Å². The number of hydrazine groups is 1. The lowest BCUT2D eigenvalue weighted by Gasteiger charge is -2.13. The van der Waals surface area contributed by atoms with E-state index in [9.17, 15) is 0 Å². The topological polar surface area (TPSA) is 60.2 Å². The van der Waals surface area contributed by atoms with Gasteiger partial charge >= 0.3 is 0 Å². The van der Waals surface area contributed by atoms with E-state index in [1.54, 1.807) is 6.20 Å². The molecule has 2 aromatic rings. The quantitative estimate of drug-likeness (QED) is 0.638. The average molecular weight is 257 g/mol. The van der Waals surface area contributed by atoms with Crippen molar-refractivity contribution in [1.29, 1.82) is 0 Å². The molecule has 0 radical (unpaired) electrons. The number of nitrogen functional groups attached to an aromatic ring is 1. The molecular weight excluding hydrogens is 238 g/mol. The van der Waals surface area contributed by atoms with Crippen LogP contribution in [0.25, 0.3) is 0 Å². The van der Waals surface area contributed by atoms with Crippen molar-refractivity contribution in [3.05, 3.63) is 53.7 Å². The molecule has 19 heavy (non-hydrogen) atoms. The van der Waals surface area contributed by atoms with Crippen molar-refractivity contribution in [3.8, 4) is 5.75 Å². The van der Waals surface area contributed by atoms with Gasteiger partial charge in [0.2, 0.25) is 0 Å². The summed E-state index contributed by atoms with van der Waals surface area (Å²) in [5, 5.41) is 0. The normalized spacial score (nSPS) is 10.5. The number of ether oxygens (including phenoxy) is 1.